The van der Waals surface area contributed by atoms with Crippen LogP contribution in [-0.2, 0) is 21.2 Å². The number of sulfonamides is 1. The third-order valence-electron chi connectivity index (χ3n) is 2.38. The van der Waals surface area contributed by atoms with Gasteiger partial charge in [-0.3, -0.25) is 4.79 Å². The summed E-state index contributed by atoms with van der Waals surface area (Å²) in [6.07, 6.45) is 0.748. The van der Waals surface area contributed by atoms with Crippen LogP contribution in [0.4, 0.5) is 5.69 Å². The van der Waals surface area contributed by atoms with Gasteiger partial charge in [0.2, 0.25) is 15.9 Å². The molecule has 0 atom stereocenters. The number of hydrogen-bond donors (Lipinski definition) is 3. The first-order valence-electron chi connectivity index (χ1n) is 5.41. The Morgan fingerprint density at radius 2 is 2.06 bits per heavy atom. The Morgan fingerprint density at radius 1 is 1.39 bits per heavy atom. The third kappa shape index (κ3) is 4.01. The summed E-state index contributed by atoms with van der Waals surface area (Å²) in [5.74, 6) is -1.48. The van der Waals surface area contributed by atoms with Crippen LogP contribution < -0.4 is 10.0 Å². The summed E-state index contributed by atoms with van der Waals surface area (Å²) in [5, 5.41) is 11.9. The van der Waals surface area contributed by atoms with Crippen LogP contribution in [0, 0.1) is 0 Å². The van der Waals surface area contributed by atoms with Crippen molar-refractivity contribution in [1.82, 2.24) is 4.72 Å². The highest BCUT2D eigenvalue weighted by atomic mass is 32.2. The third-order valence-corrected chi connectivity index (χ3v) is 3.64. The minimum atomic E-state index is -3.61. The molecule has 1 rings (SSSR count). The molecule has 6 nitrogen and oxygen atoms in total. The number of hydrogen-bond acceptors (Lipinski definition) is 4. The Morgan fingerprint density at radius 3 is 2.61 bits per heavy atom. The number of phenolic OH excluding ortho intramolecular Hbond substituents is 1. The van der Waals surface area contributed by atoms with Crippen molar-refractivity contribution < 1.29 is 18.3 Å². The molecule has 0 saturated carbocycles. The van der Waals surface area contributed by atoms with E-state index in [1.807, 2.05) is 11.6 Å². The molecule has 3 N–H and O–H groups in total. The van der Waals surface area contributed by atoms with Crippen LogP contribution in [0.1, 0.15) is 12.5 Å². The molecular formula is C11H16N2O4S. The van der Waals surface area contributed by atoms with Gasteiger partial charge in [-0.15, -0.1) is 0 Å². The minimum Gasteiger partial charge on any atom is -0.506 e. The van der Waals surface area contributed by atoms with Gasteiger partial charge in [0.05, 0.1) is 5.69 Å². The van der Waals surface area contributed by atoms with Crippen molar-refractivity contribution in [2.24, 2.45) is 0 Å². The van der Waals surface area contributed by atoms with Crippen molar-refractivity contribution in [2.45, 2.75) is 13.3 Å². The lowest BCUT2D eigenvalue weighted by Gasteiger charge is -2.09. The number of carbonyl (C=O) groups excluding carboxylic acids is 1. The molecule has 0 unspecified atom stereocenters. The fraction of sp³-hybridized carbons (Fsp3) is 0.364. The van der Waals surface area contributed by atoms with Crippen LogP contribution >= 0.6 is 0 Å². The number of carbonyl (C=O) groups is 1. The number of nitrogens with one attached hydrogen (secondary N) is 2. The second-order valence-corrected chi connectivity index (χ2v) is 5.64. The first-order chi connectivity index (χ1) is 8.38. The topological polar surface area (TPSA) is 95.5 Å². The highest BCUT2D eigenvalue weighted by Crippen LogP contribution is 2.24. The first-order valence-corrected chi connectivity index (χ1v) is 7.06. The number of rotatable bonds is 5. The first kappa shape index (κ1) is 14.5. The van der Waals surface area contributed by atoms with Crippen LogP contribution in [0.2, 0.25) is 0 Å². The number of amides is 1. The molecule has 0 aromatic heterocycles. The summed E-state index contributed by atoms with van der Waals surface area (Å²) in [4.78, 5) is 11.5. The van der Waals surface area contributed by atoms with Gasteiger partial charge in [0.15, 0.2) is 0 Å². The van der Waals surface area contributed by atoms with Gasteiger partial charge in [-0.1, -0.05) is 13.0 Å². The number of phenols is 1. The molecule has 0 radical (unpaired) electrons. The fourth-order valence-corrected chi connectivity index (χ4v) is 1.90. The van der Waals surface area contributed by atoms with E-state index in [4.69, 9.17) is 0 Å². The van der Waals surface area contributed by atoms with Crippen LogP contribution in [0.5, 0.6) is 5.75 Å². The van der Waals surface area contributed by atoms with Crippen LogP contribution in [-0.4, -0.2) is 32.2 Å². The highest BCUT2D eigenvalue weighted by molar-refractivity contribution is 7.90. The summed E-state index contributed by atoms with van der Waals surface area (Å²) in [7, 11) is -2.38. The minimum absolute atomic E-state index is 0.0950. The summed E-state index contributed by atoms with van der Waals surface area (Å²) < 4.78 is 24.4. The molecule has 0 spiro atoms. The van der Waals surface area contributed by atoms with Gasteiger partial charge in [-0.25, -0.2) is 13.1 Å². The molecule has 0 fully saturated rings. The zero-order valence-corrected chi connectivity index (χ0v) is 11.0. The second kappa shape index (κ2) is 5.83. The van der Waals surface area contributed by atoms with E-state index in [1.54, 1.807) is 12.1 Å². The van der Waals surface area contributed by atoms with Crippen LogP contribution in [0.3, 0.4) is 0 Å². The van der Waals surface area contributed by atoms with Crippen molar-refractivity contribution in [3.8, 4) is 5.75 Å². The molecule has 0 aliphatic rings. The number of aryl methyl sites for hydroxylation is 1. The van der Waals surface area contributed by atoms with Crippen LogP contribution in [0.25, 0.3) is 0 Å². The molecule has 1 amide bonds. The Labute approximate surface area is 106 Å². The van der Waals surface area contributed by atoms with E-state index in [2.05, 4.69) is 5.32 Å². The van der Waals surface area contributed by atoms with Crippen molar-refractivity contribution in [3.05, 3.63) is 23.8 Å². The average molecular weight is 272 g/mol. The summed E-state index contributed by atoms with van der Waals surface area (Å²) in [5.41, 5.74) is 1.14. The maximum Gasteiger partial charge on any atom is 0.241 e. The predicted octanol–water partition coefficient (Wildman–Crippen LogP) is 0.442. The standard InChI is InChI=1S/C11H16N2O4S/c1-3-8-4-5-10(14)9(6-8)13-11(15)7-18(16,17)12-2/h4-6,12,14H,3,7H2,1-2H3,(H,13,15). The average Bonchev–Trinajstić information content (AvgIpc) is 2.31. The summed E-state index contributed by atoms with van der Waals surface area (Å²) in [6.45, 7) is 1.93. The van der Waals surface area contributed by atoms with Crippen molar-refractivity contribution in [2.75, 3.05) is 18.1 Å². The van der Waals surface area contributed by atoms with Gasteiger partial charge in [0.25, 0.3) is 0 Å². The normalized spacial score (nSPS) is 11.2. The molecule has 1 aromatic carbocycles. The maximum atomic E-state index is 11.5. The maximum absolute atomic E-state index is 11.5. The predicted molar refractivity (Wildman–Crippen MR) is 69.0 cm³/mol. The number of benzene rings is 1. The van der Waals surface area contributed by atoms with Crippen molar-refractivity contribution in [1.29, 1.82) is 0 Å². The van der Waals surface area contributed by atoms with Gasteiger partial charge < -0.3 is 10.4 Å². The van der Waals surface area contributed by atoms with Gasteiger partial charge in [-0.2, -0.15) is 0 Å². The Kier molecular flexibility index (Phi) is 4.69. The lowest BCUT2D eigenvalue weighted by Crippen LogP contribution is -2.30. The van der Waals surface area contributed by atoms with Crippen molar-refractivity contribution in [3.63, 3.8) is 0 Å². The monoisotopic (exact) mass is 272 g/mol. The van der Waals surface area contributed by atoms with E-state index in [-0.39, 0.29) is 11.4 Å². The highest BCUT2D eigenvalue weighted by Gasteiger charge is 2.15. The van der Waals surface area contributed by atoms with E-state index >= 15 is 0 Å². The molecule has 0 saturated heterocycles. The van der Waals surface area contributed by atoms with Gasteiger partial charge >= 0.3 is 0 Å². The molecule has 18 heavy (non-hydrogen) atoms. The smallest absolute Gasteiger partial charge is 0.241 e. The Hall–Kier alpha value is -1.60. The Balaban J connectivity index is 2.82. The molecule has 0 bridgehead atoms. The van der Waals surface area contributed by atoms with E-state index < -0.39 is 21.7 Å². The van der Waals surface area contributed by atoms with Crippen molar-refractivity contribution >= 4 is 21.6 Å². The lowest BCUT2D eigenvalue weighted by molar-refractivity contribution is -0.113. The van der Waals surface area contributed by atoms with Gasteiger partial charge in [0, 0.05) is 0 Å². The number of anilines is 1. The van der Waals surface area contributed by atoms with E-state index in [1.165, 1.54) is 13.1 Å². The molecule has 0 aliphatic heterocycles. The second-order valence-electron chi connectivity index (χ2n) is 3.72. The largest absolute Gasteiger partial charge is 0.506 e. The Bertz CT molecular complexity index is 540. The lowest BCUT2D eigenvalue weighted by atomic mass is 10.1. The van der Waals surface area contributed by atoms with E-state index in [0.29, 0.717) is 0 Å². The van der Waals surface area contributed by atoms with Crippen LogP contribution in [0.15, 0.2) is 18.2 Å². The van der Waals surface area contributed by atoms with E-state index in [0.717, 1.165) is 12.0 Å². The number of aromatic hydroxyl groups is 1. The molecule has 1 aromatic rings. The molecule has 7 heteroatoms. The van der Waals surface area contributed by atoms with E-state index in [9.17, 15) is 18.3 Å². The van der Waals surface area contributed by atoms with Gasteiger partial charge in [-0.05, 0) is 31.2 Å². The molecule has 0 heterocycles. The molecule has 0 aliphatic carbocycles. The summed E-state index contributed by atoms with van der Waals surface area (Å²) >= 11 is 0. The zero-order valence-electron chi connectivity index (χ0n) is 10.2. The SMILES string of the molecule is CCc1ccc(O)c(NC(=O)CS(=O)(=O)NC)c1. The summed E-state index contributed by atoms with van der Waals surface area (Å²) in [6, 6.07) is 4.80. The fourth-order valence-electron chi connectivity index (χ4n) is 1.33. The van der Waals surface area contributed by atoms with Gasteiger partial charge in [0.1, 0.15) is 11.5 Å². The molecular weight excluding hydrogens is 256 g/mol. The quantitative estimate of drug-likeness (QED) is 0.678. The molecule has 100 valence electrons. The zero-order chi connectivity index (χ0) is 13.8.